The second-order valence-electron chi connectivity index (χ2n) is 5.34. The van der Waals surface area contributed by atoms with Crippen LogP contribution in [-0.4, -0.2) is 32.5 Å². The Balaban J connectivity index is 1.72. The molecule has 2 N–H and O–H groups in total. The zero-order valence-corrected chi connectivity index (χ0v) is 15.8. The maximum atomic E-state index is 12.5. The molecule has 0 aliphatic carbocycles. The van der Waals surface area contributed by atoms with Crippen molar-refractivity contribution in [1.82, 2.24) is 4.90 Å². The number of aromatic carboxylic acids is 1. The molecule has 1 atom stereocenters. The van der Waals surface area contributed by atoms with E-state index in [0.717, 1.165) is 25.9 Å². The smallest absolute Gasteiger partial charge is 0.335 e. The Hall–Kier alpha value is -2.07. The molecule has 128 valence electrons. The first-order valence-electron chi connectivity index (χ1n) is 7.30. The van der Waals surface area contributed by atoms with Gasteiger partial charge in [0.25, 0.3) is 11.1 Å². The van der Waals surface area contributed by atoms with Gasteiger partial charge >= 0.3 is 5.97 Å². The first-order valence-corrected chi connectivity index (χ1v) is 9.26. The molecule has 1 fully saturated rings. The Morgan fingerprint density at radius 1 is 1.20 bits per heavy atom. The molecule has 3 rings (SSSR count). The molecule has 0 aromatic heterocycles. The fourth-order valence-corrected chi connectivity index (χ4v) is 3.63. The maximum Gasteiger partial charge on any atom is 0.335 e. The molecule has 0 bridgehead atoms. The summed E-state index contributed by atoms with van der Waals surface area (Å²) in [4.78, 5) is 36.9. The number of carbonyl (C=O) groups is 3. The lowest BCUT2D eigenvalue weighted by atomic mass is 10.1. The van der Waals surface area contributed by atoms with Crippen LogP contribution in [0.4, 0.5) is 10.5 Å². The van der Waals surface area contributed by atoms with Crippen molar-refractivity contribution in [3.63, 3.8) is 0 Å². The monoisotopic (exact) mass is 468 g/mol. The number of hydrogen-bond donors (Lipinski definition) is 2. The van der Waals surface area contributed by atoms with E-state index < -0.39 is 11.3 Å². The van der Waals surface area contributed by atoms with E-state index in [9.17, 15) is 14.4 Å². The average molecular weight is 468 g/mol. The summed E-state index contributed by atoms with van der Waals surface area (Å²) < 4.78 is 1.07. The topological polar surface area (TPSA) is 86.7 Å². The summed E-state index contributed by atoms with van der Waals surface area (Å²) in [6.07, 6.45) is 0. The predicted octanol–water partition coefficient (Wildman–Crippen LogP) is 3.62. The van der Waals surface area contributed by atoms with E-state index in [1.165, 1.54) is 12.1 Å². The minimum atomic E-state index is -1.05. The normalized spacial score (nSPS) is 17.0. The van der Waals surface area contributed by atoms with Crippen LogP contribution < -0.4 is 5.32 Å². The summed E-state index contributed by atoms with van der Waals surface area (Å²) in [6.45, 7) is 0.0522. The number of carboxylic acids is 1. The summed E-state index contributed by atoms with van der Waals surface area (Å²) in [5, 5.41) is 11.0. The molecule has 2 aromatic rings. The molecular formula is C17H13IN2O4S. The van der Waals surface area contributed by atoms with Gasteiger partial charge in [-0.2, -0.15) is 0 Å². The lowest BCUT2D eigenvalue weighted by molar-refractivity contribution is -0.126. The second kappa shape index (κ2) is 7.44. The predicted molar refractivity (Wildman–Crippen MR) is 104 cm³/mol. The van der Waals surface area contributed by atoms with E-state index in [2.05, 4.69) is 27.9 Å². The van der Waals surface area contributed by atoms with Gasteiger partial charge in [-0.3, -0.25) is 14.5 Å². The Morgan fingerprint density at radius 2 is 1.92 bits per heavy atom. The number of benzene rings is 2. The van der Waals surface area contributed by atoms with Gasteiger partial charge in [-0.15, -0.1) is 0 Å². The van der Waals surface area contributed by atoms with Crippen molar-refractivity contribution in [1.29, 1.82) is 0 Å². The highest BCUT2D eigenvalue weighted by Gasteiger charge is 2.39. The van der Waals surface area contributed by atoms with Crippen LogP contribution in [0.3, 0.4) is 0 Å². The van der Waals surface area contributed by atoms with Crippen molar-refractivity contribution in [2.75, 3.05) is 5.32 Å². The third kappa shape index (κ3) is 4.13. The van der Waals surface area contributed by atoms with Gasteiger partial charge in [-0.1, -0.05) is 12.1 Å². The van der Waals surface area contributed by atoms with Gasteiger partial charge in [0.15, 0.2) is 5.37 Å². The molecular weight excluding hydrogens is 455 g/mol. The Labute approximate surface area is 161 Å². The van der Waals surface area contributed by atoms with Crippen molar-refractivity contribution >= 4 is 57.2 Å². The molecule has 2 aromatic carbocycles. The van der Waals surface area contributed by atoms with Gasteiger partial charge in [0.05, 0.1) is 12.1 Å². The van der Waals surface area contributed by atoms with Crippen molar-refractivity contribution in [3.05, 3.63) is 63.2 Å². The van der Waals surface area contributed by atoms with Crippen molar-refractivity contribution in [2.24, 2.45) is 0 Å². The van der Waals surface area contributed by atoms with Crippen LogP contribution in [0.2, 0.25) is 0 Å². The maximum absolute atomic E-state index is 12.5. The van der Waals surface area contributed by atoms with Crippen LogP contribution in [0.25, 0.3) is 0 Å². The molecule has 0 radical (unpaired) electrons. The molecule has 25 heavy (non-hydrogen) atoms. The van der Waals surface area contributed by atoms with Crippen molar-refractivity contribution < 1.29 is 19.5 Å². The fourth-order valence-electron chi connectivity index (χ4n) is 2.36. The summed E-state index contributed by atoms with van der Waals surface area (Å²) in [5.74, 6) is -1.39. The molecule has 0 spiro atoms. The summed E-state index contributed by atoms with van der Waals surface area (Å²) in [5.41, 5.74) is 1.48. The van der Waals surface area contributed by atoms with E-state index in [4.69, 9.17) is 5.11 Å². The van der Waals surface area contributed by atoms with E-state index in [1.807, 2.05) is 24.3 Å². The van der Waals surface area contributed by atoms with E-state index >= 15 is 0 Å². The number of imide groups is 1. The number of carbonyl (C=O) groups excluding carboxylic acids is 2. The number of nitrogens with zero attached hydrogens (tertiary/aromatic N) is 1. The second-order valence-corrected chi connectivity index (χ2v) is 7.65. The van der Waals surface area contributed by atoms with Crippen molar-refractivity contribution in [3.8, 4) is 0 Å². The molecule has 8 heteroatoms. The number of halogens is 1. The minimum absolute atomic E-state index is 0.0522. The summed E-state index contributed by atoms with van der Waals surface area (Å²) in [6, 6.07) is 13.7. The Bertz CT molecular complexity index is 841. The summed E-state index contributed by atoms with van der Waals surface area (Å²) >= 11 is 3.11. The van der Waals surface area contributed by atoms with E-state index in [1.54, 1.807) is 12.1 Å². The highest BCUT2D eigenvalue weighted by atomic mass is 127. The Kier molecular flexibility index (Phi) is 5.28. The number of amides is 2. The van der Waals surface area contributed by atoms with Crippen molar-refractivity contribution in [2.45, 2.75) is 11.9 Å². The van der Waals surface area contributed by atoms with Crippen LogP contribution in [0, 0.1) is 3.57 Å². The van der Waals surface area contributed by atoms with E-state index in [0.29, 0.717) is 5.56 Å². The van der Waals surface area contributed by atoms with Crippen LogP contribution >= 0.6 is 34.4 Å². The zero-order chi connectivity index (χ0) is 18.0. The third-order valence-corrected chi connectivity index (χ3v) is 5.28. The van der Waals surface area contributed by atoms with Crippen LogP contribution in [0.1, 0.15) is 15.9 Å². The SMILES string of the molecule is O=C(O)c1cccc(CN2C(=O)SC(Nc3ccc(I)cc3)C2=O)c1. The highest BCUT2D eigenvalue weighted by molar-refractivity contribution is 14.1. The zero-order valence-electron chi connectivity index (χ0n) is 12.8. The van der Waals surface area contributed by atoms with Crippen LogP contribution in [0.5, 0.6) is 0 Å². The molecule has 1 saturated heterocycles. The number of carboxylic acid groups (broad SMARTS) is 1. The molecule has 0 saturated carbocycles. The fraction of sp³-hybridized carbons (Fsp3) is 0.118. The average Bonchev–Trinajstić information content (AvgIpc) is 2.85. The molecule has 1 aliphatic heterocycles. The first kappa shape index (κ1) is 17.7. The van der Waals surface area contributed by atoms with Gasteiger partial charge in [0, 0.05) is 9.26 Å². The number of anilines is 1. The quantitative estimate of drug-likeness (QED) is 0.653. The van der Waals surface area contributed by atoms with Gasteiger partial charge in [0.1, 0.15) is 0 Å². The lowest BCUT2D eigenvalue weighted by Gasteiger charge is -2.15. The molecule has 1 unspecified atom stereocenters. The van der Waals surface area contributed by atoms with Crippen LogP contribution in [-0.2, 0) is 11.3 Å². The number of rotatable bonds is 5. The van der Waals surface area contributed by atoms with Gasteiger partial charge in [0.2, 0.25) is 0 Å². The minimum Gasteiger partial charge on any atom is -0.478 e. The Morgan fingerprint density at radius 3 is 2.60 bits per heavy atom. The highest BCUT2D eigenvalue weighted by Crippen LogP contribution is 2.29. The van der Waals surface area contributed by atoms with Gasteiger partial charge in [-0.25, -0.2) is 4.79 Å². The summed E-state index contributed by atoms with van der Waals surface area (Å²) in [7, 11) is 0. The van der Waals surface area contributed by atoms with Crippen LogP contribution in [0.15, 0.2) is 48.5 Å². The molecule has 1 aliphatic rings. The molecule has 2 amide bonds. The third-order valence-electron chi connectivity index (χ3n) is 3.59. The standard InChI is InChI=1S/C17H13IN2O4S/c18-12-4-6-13(7-5-12)19-14-15(21)20(17(24)25-14)9-10-2-1-3-11(8-10)16(22)23/h1-8,14,19H,9H2,(H,22,23). The number of hydrogen-bond acceptors (Lipinski definition) is 5. The van der Waals surface area contributed by atoms with Gasteiger partial charge in [-0.05, 0) is 76.3 Å². The lowest BCUT2D eigenvalue weighted by Crippen LogP contribution is -2.34. The number of thioether (sulfide) groups is 1. The first-order chi connectivity index (χ1) is 11.9. The van der Waals surface area contributed by atoms with E-state index in [-0.39, 0.29) is 23.3 Å². The number of nitrogens with one attached hydrogen (secondary N) is 1. The largest absolute Gasteiger partial charge is 0.478 e. The van der Waals surface area contributed by atoms with Gasteiger partial charge < -0.3 is 10.4 Å². The molecule has 6 nitrogen and oxygen atoms in total. The molecule has 1 heterocycles.